The molecular weight excluding hydrogens is 342 g/mol. The molecule has 3 rings (SSSR count). The molecule has 0 saturated carbocycles. The first-order valence-electron chi connectivity index (χ1n) is 8.01. The Morgan fingerprint density at radius 1 is 1.28 bits per heavy atom. The van der Waals surface area contributed by atoms with E-state index in [0.29, 0.717) is 25.3 Å². The number of rotatable bonds is 6. The second-order valence-electron chi connectivity index (χ2n) is 5.73. The van der Waals surface area contributed by atoms with Crippen LogP contribution in [0.2, 0.25) is 0 Å². The van der Waals surface area contributed by atoms with Gasteiger partial charge < -0.3 is 10.1 Å². The Kier molecular flexibility index (Phi) is 5.75. The van der Waals surface area contributed by atoms with Gasteiger partial charge in [-0.25, -0.2) is 0 Å². The average Bonchev–Trinajstić information content (AvgIpc) is 3.17. The van der Waals surface area contributed by atoms with Gasteiger partial charge in [-0.2, -0.15) is 11.3 Å². The van der Waals surface area contributed by atoms with Gasteiger partial charge in [0.15, 0.2) is 0 Å². The van der Waals surface area contributed by atoms with Gasteiger partial charge in [-0.05, 0) is 34.5 Å². The Morgan fingerprint density at radius 2 is 2.00 bits per heavy atom. The number of carbonyl (C=O) groups is 1. The molecule has 132 valence electrons. The number of nitro groups is 1. The zero-order valence-electron chi connectivity index (χ0n) is 13.6. The Hall–Kier alpha value is -2.29. The van der Waals surface area contributed by atoms with Crippen molar-refractivity contribution >= 4 is 22.9 Å². The fourth-order valence-corrected chi connectivity index (χ4v) is 3.54. The second kappa shape index (κ2) is 8.19. The predicted octanol–water partition coefficient (Wildman–Crippen LogP) is 2.46. The van der Waals surface area contributed by atoms with Crippen LogP contribution in [-0.2, 0) is 4.74 Å². The van der Waals surface area contributed by atoms with E-state index in [0.717, 1.165) is 13.1 Å². The van der Waals surface area contributed by atoms with Crippen molar-refractivity contribution in [3.8, 4) is 0 Å². The highest BCUT2D eigenvalue weighted by Gasteiger charge is 2.23. The molecule has 8 heteroatoms. The van der Waals surface area contributed by atoms with E-state index < -0.39 is 4.92 Å². The summed E-state index contributed by atoms with van der Waals surface area (Å²) < 4.78 is 5.41. The first-order valence-corrected chi connectivity index (χ1v) is 8.96. The lowest BCUT2D eigenvalue weighted by Gasteiger charge is -2.34. The van der Waals surface area contributed by atoms with Crippen LogP contribution in [0.25, 0.3) is 0 Å². The molecule has 1 amide bonds. The number of amides is 1. The van der Waals surface area contributed by atoms with Crippen molar-refractivity contribution < 1.29 is 14.5 Å². The number of hydrogen-bond donors (Lipinski definition) is 1. The van der Waals surface area contributed by atoms with Crippen LogP contribution in [0.15, 0.2) is 41.1 Å². The van der Waals surface area contributed by atoms with Crippen LogP contribution in [0.3, 0.4) is 0 Å². The highest BCUT2D eigenvalue weighted by molar-refractivity contribution is 7.07. The van der Waals surface area contributed by atoms with Crippen LogP contribution < -0.4 is 5.32 Å². The maximum Gasteiger partial charge on any atom is 0.269 e. The summed E-state index contributed by atoms with van der Waals surface area (Å²) in [5.74, 6) is -0.233. The Labute approximate surface area is 149 Å². The molecule has 2 aromatic rings. The third kappa shape index (κ3) is 4.41. The summed E-state index contributed by atoms with van der Waals surface area (Å²) in [6.07, 6.45) is 0. The number of carbonyl (C=O) groups excluding carboxylic acids is 1. The topological polar surface area (TPSA) is 84.7 Å². The maximum absolute atomic E-state index is 12.4. The number of benzene rings is 1. The van der Waals surface area contributed by atoms with Crippen molar-refractivity contribution in [1.82, 2.24) is 10.2 Å². The summed E-state index contributed by atoms with van der Waals surface area (Å²) in [7, 11) is 0. The minimum absolute atomic E-state index is 0.0268. The van der Waals surface area contributed by atoms with Gasteiger partial charge in [0.05, 0.1) is 24.2 Å². The van der Waals surface area contributed by atoms with Gasteiger partial charge in [-0.3, -0.25) is 19.8 Å². The van der Waals surface area contributed by atoms with E-state index in [-0.39, 0.29) is 17.6 Å². The van der Waals surface area contributed by atoms with Crippen LogP contribution in [0.1, 0.15) is 22.0 Å². The number of nitrogens with zero attached hydrogens (tertiary/aromatic N) is 2. The molecule has 1 aliphatic rings. The molecule has 0 radical (unpaired) electrons. The van der Waals surface area contributed by atoms with Gasteiger partial charge in [0, 0.05) is 37.3 Å². The smallest absolute Gasteiger partial charge is 0.269 e. The van der Waals surface area contributed by atoms with Crippen LogP contribution in [-0.4, -0.2) is 48.6 Å². The van der Waals surface area contributed by atoms with Gasteiger partial charge in [0.2, 0.25) is 0 Å². The van der Waals surface area contributed by atoms with Crippen molar-refractivity contribution in [2.24, 2.45) is 0 Å². The second-order valence-corrected chi connectivity index (χ2v) is 6.51. The number of nitrogens with one attached hydrogen (secondary N) is 1. The van der Waals surface area contributed by atoms with Crippen molar-refractivity contribution in [3.05, 3.63) is 62.3 Å². The molecule has 1 N–H and O–H groups in total. The van der Waals surface area contributed by atoms with Crippen LogP contribution in [0, 0.1) is 10.1 Å². The lowest BCUT2D eigenvalue weighted by Crippen LogP contribution is -2.43. The van der Waals surface area contributed by atoms with Crippen LogP contribution >= 0.6 is 11.3 Å². The summed E-state index contributed by atoms with van der Waals surface area (Å²) in [5, 5.41) is 17.8. The number of thiophene rings is 1. The number of nitro benzene ring substituents is 1. The number of morpholine rings is 1. The first-order chi connectivity index (χ1) is 12.1. The zero-order chi connectivity index (χ0) is 17.6. The Balaban J connectivity index is 1.65. The Bertz CT molecular complexity index is 712. The number of hydrogen-bond acceptors (Lipinski definition) is 6. The summed E-state index contributed by atoms with van der Waals surface area (Å²) in [6, 6.07) is 7.80. The SMILES string of the molecule is O=C(NCC(c1ccsc1)N1CCOCC1)c1ccc([N+](=O)[O-])cc1. The van der Waals surface area contributed by atoms with Crippen molar-refractivity contribution in [2.75, 3.05) is 32.8 Å². The van der Waals surface area contributed by atoms with Gasteiger partial charge in [0.25, 0.3) is 11.6 Å². The van der Waals surface area contributed by atoms with Gasteiger partial charge in [0.1, 0.15) is 0 Å². The maximum atomic E-state index is 12.4. The summed E-state index contributed by atoms with van der Waals surface area (Å²) in [4.78, 5) is 24.9. The monoisotopic (exact) mass is 361 g/mol. The summed E-state index contributed by atoms with van der Waals surface area (Å²) >= 11 is 1.63. The molecule has 2 heterocycles. The molecule has 1 saturated heterocycles. The molecule has 1 atom stereocenters. The van der Waals surface area contributed by atoms with E-state index in [1.54, 1.807) is 11.3 Å². The summed E-state index contributed by atoms with van der Waals surface area (Å²) in [5.41, 5.74) is 1.56. The molecule has 1 aromatic carbocycles. The fraction of sp³-hybridized carbons (Fsp3) is 0.353. The van der Waals surface area contributed by atoms with E-state index in [1.807, 2.05) is 5.38 Å². The van der Waals surface area contributed by atoms with E-state index in [1.165, 1.54) is 29.8 Å². The normalized spacial score (nSPS) is 16.3. The summed E-state index contributed by atoms with van der Waals surface area (Å²) in [6.45, 7) is 3.52. The van der Waals surface area contributed by atoms with E-state index in [4.69, 9.17) is 4.74 Å². The zero-order valence-corrected chi connectivity index (χ0v) is 14.4. The minimum Gasteiger partial charge on any atom is -0.379 e. The molecule has 0 bridgehead atoms. The molecule has 7 nitrogen and oxygen atoms in total. The first kappa shape index (κ1) is 17.5. The van der Waals surface area contributed by atoms with Crippen molar-refractivity contribution in [3.63, 3.8) is 0 Å². The molecule has 0 spiro atoms. The van der Waals surface area contributed by atoms with E-state index in [2.05, 4.69) is 21.7 Å². The number of ether oxygens (including phenoxy) is 1. The van der Waals surface area contributed by atoms with Gasteiger partial charge in [-0.1, -0.05) is 0 Å². The quantitative estimate of drug-likeness (QED) is 0.631. The highest BCUT2D eigenvalue weighted by atomic mass is 32.1. The molecule has 1 fully saturated rings. The van der Waals surface area contributed by atoms with Crippen LogP contribution in [0.5, 0.6) is 0 Å². The molecular formula is C17H19N3O4S. The molecule has 1 unspecified atom stereocenters. The molecule has 1 aliphatic heterocycles. The predicted molar refractivity (Wildman–Crippen MR) is 94.9 cm³/mol. The lowest BCUT2D eigenvalue weighted by molar-refractivity contribution is -0.384. The van der Waals surface area contributed by atoms with Crippen molar-refractivity contribution in [2.45, 2.75) is 6.04 Å². The highest BCUT2D eigenvalue weighted by Crippen LogP contribution is 2.23. The third-order valence-electron chi connectivity index (χ3n) is 4.21. The molecule has 25 heavy (non-hydrogen) atoms. The van der Waals surface area contributed by atoms with Crippen molar-refractivity contribution in [1.29, 1.82) is 0 Å². The third-order valence-corrected chi connectivity index (χ3v) is 4.91. The standard InChI is InChI=1S/C17H19N3O4S/c21-17(13-1-3-15(4-2-13)20(22)23)18-11-16(14-5-10-25-12-14)19-6-8-24-9-7-19/h1-5,10,12,16H,6-9,11H2,(H,18,21). The van der Waals surface area contributed by atoms with E-state index in [9.17, 15) is 14.9 Å². The molecule has 0 aliphatic carbocycles. The van der Waals surface area contributed by atoms with Crippen LogP contribution in [0.4, 0.5) is 5.69 Å². The number of non-ortho nitro benzene ring substituents is 1. The molecule has 1 aromatic heterocycles. The fourth-order valence-electron chi connectivity index (χ4n) is 2.84. The minimum atomic E-state index is -0.479. The van der Waals surface area contributed by atoms with Gasteiger partial charge in [-0.15, -0.1) is 0 Å². The largest absolute Gasteiger partial charge is 0.379 e. The van der Waals surface area contributed by atoms with E-state index >= 15 is 0 Å². The lowest BCUT2D eigenvalue weighted by atomic mass is 10.1. The average molecular weight is 361 g/mol. The Morgan fingerprint density at radius 3 is 2.60 bits per heavy atom. The van der Waals surface area contributed by atoms with Gasteiger partial charge >= 0.3 is 0 Å².